The number of fused-ring (bicyclic) bond motifs is 6. The summed E-state index contributed by atoms with van der Waals surface area (Å²) in [5, 5.41) is 4.65. The van der Waals surface area contributed by atoms with Crippen molar-refractivity contribution < 1.29 is 4.42 Å². The maximum atomic E-state index is 6.26. The fraction of sp³-hybridized carbons (Fsp3) is 0. The number of aromatic nitrogens is 4. The van der Waals surface area contributed by atoms with Gasteiger partial charge in [-0.05, 0) is 87.5 Å². The van der Waals surface area contributed by atoms with Gasteiger partial charge >= 0.3 is 0 Å². The molecule has 0 aliphatic rings. The molecule has 10 aromatic carbocycles. The highest BCUT2D eigenvalue weighted by atomic mass is 16.3. The fourth-order valence-electron chi connectivity index (χ4n) is 9.82. The van der Waals surface area contributed by atoms with E-state index in [2.05, 4.69) is 199 Å². The van der Waals surface area contributed by atoms with Gasteiger partial charge < -0.3 is 8.98 Å². The number of para-hydroxylation sites is 3. The summed E-state index contributed by atoms with van der Waals surface area (Å²) >= 11 is 0. The first-order valence-corrected chi connectivity index (χ1v) is 22.9. The Morgan fingerprint density at radius 3 is 1.43 bits per heavy atom. The van der Waals surface area contributed by atoms with Crippen molar-refractivity contribution in [3.63, 3.8) is 0 Å². The van der Waals surface area contributed by atoms with Gasteiger partial charge in [0, 0.05) is 43.8 Å². The minimum Gasteiger partial charge on any atom is -0.456 e. The van der Waals surface area contributed by atoms with Gasteiger partial charge in [0.2, 0.25) is 0 Å². The zero-order valence-electron chi connectivity index (χ0n) is 36.8. The van der Waals surface area contributed by atoms with Gasteiger partial charge in [0.05, 0.1) is 16.7 Å². The third-order valence-electron chi connectivity index (χ3n) is 13.1. The van der Waals surface area contributed by atoms with Crippen LogP contribution >= 0.6 is 0 Å². The highest BCUT2D eigenvalue weighted by Crippen LogP contribution is 2.41. The molecule has 0 amide bonds. The van der Waals surface area contributed by atoms with Crippen molar-refractivity contribution in [2.24, 2.45) is 0 Å². The molecular formula is C63H40N4O. The van der Waals surface area contributed by atoms with Crippen LogP contribution in [0.4, 0.5) is 0 Å². The standard InChI is InChI=1S/C63H40N4O/c1-3-16-41(17-4-1)45-20-13-22-48(38-45)54-40-46(36-37-57(54)67-55-28-10-7-24-51(55)52-25-8-11-29-56(52)67)42-32-34-44(35-33-42)62-64-61(43-18-5-2-6-19-43)65-63(66-62)49-23-14-21-47(39-49)50-27-15-31-59-60(50)53-26-9-12-30-58(53)68-59/h1-40H. The lowest BCUT2D eigenvalue weighted by atomic mass is 9.94. The second-order valence-corrected chi connectivity index (χ2v) is 17.2. The Kier molecular flexibility index (Phi) is 9.43. The molecule has 0 aliphatic heterocycles. The summed E-state index contributed by atoms with van der Waals surface area (Å²) in [6, 6.07) is 85.4. The summed E-state index contributed by atoms with van der Waals surface area (Å²) < 4.78 is 8.67. The quantitative estimate of drug-likeness (QED) is 0.153. The molecule has 0 radical (unpaired) electrons. The molecule has 0 saturated carbocycles. The molecule has 0 spiro atoms. The maximum absolute atomic E-state index is 6.26. The third kappa shape index (κ3) is 6.84. The summed E-state index contributed by atoms with van der Waals surface area (Å²) in [5.74, 6) is 1.83. The molecule has 68 heavy (non-hydrogen) atoms. The molecule has 0 aliphatic carbocycles. The smallest absolute Gasteiger partial charge is 0.164 e. The van der Waals surface area contributed by atoms with E-state index < -0.39 is 0 Å². The predicted molar refractivity (Wildman–Crippen MR) is 279 cm³/mol. The van der Waals surface area contributed by atoms with Crippen molar-refractivity contribution in [1.82, 2.24) is 19.5 Å². The molecule has 3 aromatic heterocycles. The van der Waals surface area contributed by atoms with E-state index in [0.717, 1.165) is 77.7 Å². The molecule has 13 rings (SSSR count). The van der Waals surface area contributed by atoms with Gasteiger partial charge in [-0.15, -0.1) is 0 Å². The van der Waals surface area contributed by atoms with E-state index in [4.69, 9.17) is 19.4 Å². The first kappa shape index (κ1) is 39.2. The van der Waals surface area contributed by atoms with Crippen LogP contribution in [-0.2, 0) is 0 Å². The average Bonchev–Trinajstić information content (AvgIpc) is 3.97. The van der Waals surface area contributed by atoms with Crippen LogP contribution in [0.25, 0.3) is 128 Å². The average molecular weight is 869 g/mol. The van der Waals surface area contributed by atoms with E-state index in [1.165, 1.54) is 32.9 Å². The van der Waals surface area contributed by atoms with Gasteiger partial charge in [0.1, 0.15) is 11.2 Å². The van der Waals surface area contributed by atoms with E-state index in [1.54, 1.807) is 0 Å². The van der Waals surface area contributed by atoms with Crippen LogP contribution in [0.15, 0.2) is 247 Å². The van der Waals surface area contributed by atoms with Crippen molar-refractivity contribution in [2.45, 2.75) is 0 Å². The zero-order chi connectivity index (χ0) is 45.0. The first-order valence-electron chi connectivity index (χ1n) is 22.9. The number of rotatable bonds is 8. The van der Waals surface area contributed by atoms with Crippen LogP contribution < -0.4 is 0 Å². The molecule has 13 aromatic rings. The summed E-state index contributed by atoms with van der Waals surface area (Å²) in [6.45, 7) is 0. The van der Waals surface area contributed by atoms with Crippen LogP contribution in [0.2, 0.25) is 0 Å². The SMILES string of the molecule is c1ccc(-c2cccc(-c3cc(-c4ccc(-c5nc(-c6ccccc6)nc(-c6cccc(-c7cccc8oc9ccccc9c78)c6)n5)cc4)ccc3-n3c4ccccc4c4ccccc43)c2)cc1. The number of hydrogen-bond acceptors (Lipinski definition) is 4. The van der Waals surface area contributed by atoms with Gasteiger partial charge in [-0.1, -0.05) is 194 Å². The Labute approximate surface area is 392 Å². The number of nitrogens with zero attached hydrogens (tertiary/aromatic N) is 4. The highest BCUT2D eigenvalue weighted by Gasteiger charge is 2.19. The molecule has 0 fully saturated rings. The first-order chi connectivity index (χ1) is 33.7. The minimum atomic E-state index is 0.604. The lowest BCUT2D eigenvalue weighted by Crippen LogP contribution is -2.00. The Balaban J connectivity index is 0.919. The molecular weight excluding hydrogens is 829 g/mol. The van der Waals surface area contributed by atoms with Crippen LogP contribution in [0.1, 0.15) is 0 Å². The summed E-state index contributed by atoms with van der Waals surface area (Å²) in [7, 11) is 0. The topological polar surface area (TPSA) is 56.7 Å². The Hall–Kier alpha value is -9.19. The molecule has 0 N–H and O–H groups in total. The second-order valence-electron chi connectivity index (χ2n) is 17.2. The lowest BCUT2D eigenvalue weighted by Gasteiger charge is -2.17. The third-order valence-corrected chi connectivity index (χ3v) is 13.1. The molecule has 5 heteroatoms. The minimum absolute atomic E-state index is 0.604. The molecule has 318 valence electrons. The van der Waals surface area contributed by atoms with Crippen LogP contribution in [0.3, 0.4) is 0 Å². The summed E-state index contributed by atoms with van der Waals surface area (Å²) in [5.41, 5.74) is 16.9. The van der Waals surface area contributed by atoms with Crippen molar-refractivity contribution in [1.29, 1.82) is 0 Å². The van der Waals surface area contributed by atoms with Crippen LogP contribution in [-0.4, -0.2) is 19.5 Å². The van der Waals surface area contributed by atoms with Crippen molar-refractivity contribution in [3.8, 4) is 84.4 Å². The number of benzene rings is 10. The van der Waals surface area contributed by atoms with Gasteiger partial charge in [-0.3, -0.25) is 0 Å². The maximum Gasteiger partial charge on any atom is 0.164 e. The number of hydrogen-bond donors (Lipinski definition) is 0. The predicted octanol–water partition coefficient (Wildman–Crippen LogP) is 16.5. The second kappa shape index (κ2) is 16.4. The summed E-state index contributed by atoms with van der Waals surface area (Å²) in [4.78, 5) is 15.4. The normalized spacial score (nSPS) is 11.5. The van der Waals surface area contributed by atoms with Gasteiger partial charge in [0.25, 0.3) is 0 Å². The van der Waals surface area contributed by atoms with E-state index in [1.807, 2.05) is 48.5 Å². The summed E-state index contributed by atoms with van der Waals surface area (Å²) in [6.07, 6.45) is 0. The van der Waals surface area contributed by atoms with Gasteiger partial charge in [-0.2, -0.15) is 0 Å². The lowest BCUT2D eigenvalue weighted by molar-refractivity contribution is 0.669. The molecule has 0 atom stereocenters. The van der Waals surface area contributed by atoms with Crippen molar-refractivity contribution >= 4 is 43.7 Å². The van der Waals surface area contributed by atoms with Gasteiger partial charge in [0.15, 0.2) is 17.5 Å². The van der Waals surface area contributed by atoms with Crippen LogP contribution in [0.5, 0.6) is 0 Å². The van der Waals surface area contributed by atoms with Gasteiger partial charge in [-0.25, -0.2) is 15.0 Å². The van der Waals surface area contributed by atoms with Crippen molar-refractivity contribution in [2.75, 3.05) is 0 Å². The molecule has 0 unspecified atom stereocenters. The molecule has 3 heterocycles. The monoisotopic (exact) mass is 868 g/mol. The van der Waals surface area contributed by atoms with E-state index in [0.29, 0.717) is 17.5 Å². The Morgan fingerprint density at radius 2 is 0.721 bits per heavy atom. The molecule has 0 bridgehead atoms. The molecule has 5 nitrogen and oxygen atoms in total. The highest BCUT2D eigenvalue weighted by molar-refractivity contribution is 6.13. The zero-order valence-corrected chi connectivity index (χ0v) is 36.8. The molecule has 0 saturated heterocycles. The van der Waals surface area contributed by atoms with Crippen LogP contribution in [0, 0.1) is 0 Å². The van der Waals surface area contributed by atoms with E-state index in [9.17, 15) is 0 Å². The van der Waals surface area contributed by atoms with Crippen molar-refractivity contribution in [3.05, 3.63) is 243 Å². The van der Waals surface area contributed by atoms with E-state index in [-0.39, 0.29) is 0 Å². The number of furan rings is 1. The largest absolute Gasteiger partial charge is 0.456 e. The Morgan fingerprint density at radius 1 is 0.279 bits per heavy atom. The Bertz CT molecular complexity index is 3970. The van der Waals surface area contributed by atoms with E-state index >= 15 is 0 Å². The fourth-order valence-corrected chi connectivity index (χ4v) is 9.82.